The van der Waals surface area contributed by atoms with Crippen molar-refractivity contribution in [3.8, 4) is 0 Å². The van der Waals surface area contributed by atoms with Crippen molar-refractivity contribution in [1.82, 2.24) is 4.90 Å². The van der Waals surface area contributed by atoms with E-state index in [1.54, 1.807) is 4.90 Å². The van der Waals surface area contributed by atoms with Crippen LogP contribution >= 0.6 is 0 Å². The van der Waals surface area contributed by atoms with Gasteiger partial charge >= 0.3 is 6.09 Å². The number of nitrogens with zero attached hydrogens (tertiary/aromatic N) is 1. The van der Waals surface area contributed by atoms with Crippen molar-refractivity contribution in [3.05, 3.63) is 0 Å². The second kappa shape index (κ2) is 6.76. The van der Waals surface area contributed by atoms with Gasteiger partial charge in [0.1, 0.15) is 5.60 Å². The van der Waals surface area contributed by atoms with Crippen LogP contribution in [0, 0.1) is 11.8 Å². The third-order valence-electron chi connectivity index (χ3n) is 3.72. The summed E-state index contributed by atoms with van der Waals surface area (Å²) in [5.41, 5.74) is -0.444. The Morgan fingerprint density at radius 3 is 2.00 bits per heavy atom. The molecule has 0 radical (unpaired) electrons. The molecule has 0 bridgehead atoms. The Morgan fingerprint density at radius 1 is 1.05 bits per heavy atom. The summed E-state index contributed by atoms with van der Waals surface area (Å²) >= 11 is 0. The average molecular weight is 285 g/mol. The molecule has 2 atom stereocenters. The first-order chi connectivity index (χ1) is 9.46. The van der Waals surface area contributed by atoms with Gasteiger partial charge in [-0.25, -0.2) is 4.79 Å². The molecule has 2 saturated heterocycles. The fourth-order valence-corrected chi connectivity index (χ4v) is 2.67. The minimum absolute atomic E-state index is 0.222. The Hall–Kier alpha value is -0.810. The Balaban J connectivity index is 1.90. The number of ether oxygens (including phenoxy) is 3. The van der Waals surface area contributed by atoms with E-state index in [0.29, 0.717) is 38.1 Å². The van der Waals surface area contributed by atoms with Gasteiger partial charge in [-0.3, -0.25) is 0 Å². The molecule has 0 saturated carbocycles. The maximum Gasteiger partial charge on any atom is 0.410 e. The first-order valence-electron chi connectivity index (χ1n) is 7.59. The van der Waals surface area contributed by atoms with Crippen molar-refractivity contribution in [2.24, 2.45) is 11.8 Å². The van der Waals surface area contributed by atoms with Crippen LogP contribution in [0.25, 0.3) is 0 Å². The molecule has 2 fully saturated rings. The van der Waals surface area contributed by atoms with Crippen LogP contribution in [0.3, 0.4) is 0 Å². The van der Waals surface area contributed by atoms with Crippen LogP contribution in [0.5, 0.6) is 0 Å². The molecule has 0 aromatic rings. The molecule has 116 valence electrons. The zero-order valence-electron chi connectivity index (χ0n) is 12.9. The molecule has 2 rings (SSSR count). The topological polar surface area (TPSA) is 48.0 Å². The van der Waals surface area contributed by atoms with Gasteiger partial charge in [0.25, 0.3) is 0 Å². The van der Waals surface area contributed by atoms with Gasteiger partial charge in [-0.2, -0.15) is 0 Å². The van der Waals surface area contributed by atoms with Gasteiger partial charge in [-0.1, -0.05) is 0 Å². The number of carbonyl (C=O) groups excluding carboxylic acids is 1. The molecule has 1 amide bonds. The van der Waals surface area contributed by atoms with Gasteiger partial charge in [0, 0.05) is 38.1 Å². The molecule has 0 aromatic heterocycles. The number of amides is 1. The van der Waals surface area contributed by atoms with Crippen LogP contribution in [-0.4, -0.2) is 56.1 Å². The molecule has 0 aliphatic carbocycles. The summed E-state index contributed by atoms with van der Waals surface area (Å²) in [5.74, 6) is 0.723. The summed E-state index contributed by atoms with van der Waals surface area (Å²) < 4.78 is 16.9. The van der Waals surface area contributed by atoms with Gasteiger partial charge in [-0.05, 0) is 33.6 Å². The SMILES string of the molecule is CC(C)(C)OC(=O)N1C[C@H]2COCCCCOC[C@H]2C1. The van der Waals surface area contributed by atoms with Crippen LogP contribution in [0.15, 0.2) is 0 Å². The standard InChI is InChI=1S/C15H27NO4/c1-15(2,3)20-14(17)16-8-12-10-18-6-4-5-7-19-11-13(12)9-16/h12-13H,4-11H2,1-3H3/t12-,13+. The summed E-state index contributed by atoms with van der Waals surface area (Å²) in [5, 5.41) is 0. The zero-order chi connectivity index (χ0) is 14.6. The number of hydrogen-bond acceptors (Lipinski definition) is 4. The quantitative estimate of drug-likeness (QED) is 0.685. The molecule has 5 nitrogen and oxygen atoms in total. The monoisotopic (exact) mass is 285 g/mol. The van der Waals surface area contributed by atoms with Crippen LogP contribution in [-0.2, 0) is 14.2 Å². The van der Waals surface area contributed by atoms with Crippen molar-refractivity contribution in [2.75, 3.05) is 39.5 Å². The highest BCUT2D eigenvalue weighted by Crippen LogP contribution is 2.26. The highest BCUT2D eigenvalue weighted by molar-refractivity contribution is 5.68. The largest absolute Gasteiger partial charge is 0.444 e. The lowest BCUT2D eigenvalue weighted by Gasteiger charge is -2.24. The molecule has 0 spiro atoms. The molecular weight excluding hydrogens is 258 g/mol. The second-order valence-corrected chi connectivity index (χ2v) is 6.76. The molecule has 5 heteroatoms. The van der Waals surface area contributed by atoms with E-state index in [4.69, 9.17) is 14.2 Å². The number of fused-ring (bicyclic) bond motifs is 1. The molecule has 0 aromatic carbocycles. The van der Waals surface area contributed by atoms with E-state index in [-0.39, 0.29) is 6.09 Å². The van der Waals surface area contributed by atoms with Crippen molar-refractivity contribution in [2.45, 2.75) is 39.2 Å². The predicted octanol–water partition coefficient (Wildman–Crippen LogP) is 2.30. The minimum Gasteiger partial charge on any atom is -0.444 e. The Bertz CT molecular complexity index is 308. The lowest BCUT2D eigenvalue weighted by Crippen LogP contribution is -2.35. The van der Waals surface area contributed by atoms with E-state index >= 15 is 0 Å². The number of likely N-dealkylation sites (tertiary alicyclic amines) is 1. The fourth-order valence-electron chi connectivity index (χ4n) is 2.67. The molecular formula is C15H27NO4. The van der Waals surface area contributed by atoms with Crippen molar-refractivity contribution in [1.29, 1.82) is 0 Å². The zero-order valence-corrected chi connectivity index (χ0v) is 12.9. The van der Waals surface area contributed by atoms with Gasteiger partial charge in [0.15, 0.2) is 0 Å². The Labute approximate surface area is 121 Å². The summed E-state index contributed by atoms with van der Waals surface area (Å²) in [6.45, 7) is 10.1. The first kappa shape index (κ1) is 15.6. The predicted molar refractivity (Wildman–Crippen MR) is 75.7 cm³/mol. The van der Waals surface area contributed by atoms with E-state index in [1.807, 2.05) is 20.8 Å². The van der Waals surface area contributed by atoms with Gasteiger partial charge in [0.05, 0.1) is 13.2 Å². The van der Waals surface area contributed by atoms with Gasteiger partial charge < -0.3 is 19.1 Å². The van der Waals surface area contributed by atoms with Crippen molar-refractivity contribution < 1.29 is 19.0 Å². The van der Waals surface area contributed by atoms with Crippen LogP contribution < -0.4 is 0 Å². The Morgan fingerprint density at radius 2 is 1.55 bits per heavy atom. The highest BCUT2D eigenvalue weighted by Gasteiger charge is 2.37. The van der Waals surface area contributed by atoms with Crippen molar-refractivity contribution in [3.63, 3.8) is 0 Å². The second-order valence-electron chi connectivity index (χ2n) is 6.76. The molecule has 0 N–H and O–H groups in total. The highest BCUT2D eigenvalue weighted by atomic mass is 16.6. The van der Waals surface area contributed by atoms with Crippen LogP contribution in [0.1, 0.15) is 33.6 Å². The first-order valence-corrected chi connectivity index (χ1v) is 7.59. The lowest BCUT2D eigenvalue weighted by molar-refractivity contribution is 0.0273. The van der Waals surface area contributed by atoms with Gasteiger partial charge in [0.2, 0.25) is 0 Å². The maximum atomic E-state index is 12.1. The van der Waals surface area contributed by atoms with E-state index in [2.05, 4.69) is 0 Å². The number of rotatable bonds is 0. The summed E-state index contributed by atoms with van der Waals surface area (Å²) in [6.07, 6.45) is 1.88. The third kappa shape index (κ3) is 4.63. The molecule has 2 aliphatic rings. The third-order valence-corrected chi connectivity index (χ3v) is 3.72. The van der Waals surface area contributed by atoms with E-state index in [1.165, 1.54) is 0 Å². The normalized spacial score (nSPS) is 28.9. The fraction of sp³-hybridized carbons (Fsp3) is 0.933. The number of carbonyl (C=O) groups is 1. The van der Waals surface area contributed by atoms with Gasteiger partial charge in [-0.15, -0.1) is 0 Å². The summed E-state index contributed by atoms with van der Waals surface area (Å²) in [4.78, 5) is 13.9. The van der Waals surface area contributed by atoms with Crippen LogP contribution in [0.2, 0.25) is 0 Å². The van der Waals surface area contributed by atoms with E-state index in [0.717, 1.165) is 26.1 Å². The summed E-state index contributed by atoms with van der Waals surface area (Å²) in [7, 11) is 0. The molecule has 20 heavy (non-hydrogen) atoms. The van der Waals surface area contributed by atoms with Crippen molar-refractivity contribution >= 4 is 6.09 Å². The number of hydrogen-bond donors (Lipinski definition) is 0. The Kier molecular flexibility index (Phi) is 5.27. The van der Waals surface area contributed by atoms with E-state index in [9.17, 15) is 4.79 Å². The molecule has 2 heterocycles. The molecule has 0 unspecified atom stereocenters. The van der Waals surface area contributed by atoms with Crippen LogP contribution in [0.4, 0.5) is 4.79 Å². The molecule has 2 aliphatic heterocycles. The maximum absolute atomic E-state index is 12.1. The minimum atomic E-state index is -0.444. The average Bonchev–Trinajstić information content (AvgIpc) is 2.75. The van der Waals surface area contributed by atoms with E-state index < -0.39 is 5.60 Å². The smallest absolute Gasteiger partial charge is 0.410 e. The lowest BCUT2D eigenvalue weighted by atomic mass is 9.98. The summed E-state index contributed by atoms with van der Waals surface area (Å²) in [6, 6.07) is 0.